The number of nitrogens with zero attached hydrogens (tertiary/aromatic N) is 2. The Morgan fingerprint density at radius 3 is 2.15 bits per heavy atom. The highest BCUT2D eigenvalue weighted by Gasteiger charge is 2.35. The molecular formula is C31H38ClN3O5S. The Balaban J connectivity index is 2.09. The molecule has 0 unspecified atom stereocenters. The molecular weight excluding hydrogens is 562 g/mol. The van der Waals surface area contributed by atoms with Gasteiger partial charge in [-0.1, -0.05) is 67.9 Å². The molecule has 41 heavy (non-hydrogen) atoms. The first kappa shape index (κ1) is 32.0. The van der Waals surface area contributed by atoms with Gasteiger partial charge in [0.1, 0.15) is 18.3 Å². The first-order chi connectivity index (χ1) is 19.6. The van der Waals surface area contributed by atoms with Crippen LogP contribution < -0.4 is 14.4 Å². The van der Waals surface area contributed by atoms with Crippen LogP contribution in [0.4, 0.5) is 5.69 Å². The van der Waals surface area contributed by atoms with Gasteiger partial charge in [0.15, 0.2) is 0 Å². The van der Waals surface area contributed by atoms with Gasteiger partial charge in [0, 0.05) is 17.6 Å². The van der Waals surface area contributed by atoms with Crippen LogP contribution in [0.1, 0.15) is 46.1 Å². The molecule has 0 heterocycles. The molecule has 0 aromatic heterocycles. The minimum absolute atomic E-state index is 0.0323. The molecule has 3 aromatic carbocycles. The van der Waals surface area contributed by atoms with Crippen LogP contribution in [0.5, 0.6) is 5.75 Å². The third-order valence-corrected chi connectivity index (χ3v) is 8.72. The van der Waals surface area contributed by atoms with Crippen molar-refractivity contribution in [3.63, 3.8) is 0 Å². The largest absolute Gasteiger partial charge is 0.492 e. The topological polar surface area (TPSA) is 96.0 Å². The summed E-state index contributed by atoms with van der Waals surface area (Å²) in [5, 5.41) is 3.51. The van der Waals surface area contributed by atoms with E-state index in [0.717, 1.165) is 16.3 Å². The molecule has 0 fully saturated rings. The molecule has 3 aromatic rings. The predicted octanol–water partition coefficient (Wildman–Crippen LogP) is 5.66. The smallest absolute Gasteiger partial charge is 0.264 e. The molecule has 3 rings (SSSR count). The summed E-state index contributed by atoms with van der Waals surface area (Å²) in [6.45, 7) is 7.34. The van der Waals surface area contributed by atoms with Crippen LogP contribution in [-0.2, 0) is 26.2 Å². The van der Waals surface area contributed by atoms with Gasteiger partial charge in [-0.3, -0.25) is 13.9 Å². The number of nitrogens with one attached hydrogen (secondary N) is 1. The summed E-state index contributed by atoms with van der Waals surface area (Å²) in [5.41, 5.74) is 0.986. The number of carbonyl (C=O) groups excluding carboxylic acids is 2. The average molecular weight is 600 g/mol. The summed E-state index contributed by atoms with van der Waals surface area (Å²) in [7, 11) is -4.19. The van der Waals surface area contributed by atoms with Crippen molar-refractivity contribution < 1.29 is 22.7 Å². The molecule has 2 atom stereocenters. The van der Waals surface area contributed by atoms with Crippen LogP contribution in [0.2, 0.25) is 5.02 Å². The van der Waals surface area contributed by atoms with Gasteiger partial charge in [-0.05, 0) is 68.7 Å². The van der Waals surface area contributed by atoms with E-state index in [2.05, 4.69) is 5.32 Å². The molecule has 0 bridgehead atoms. The second-order valence-electron chi connectivity index (χ2n) is 9.62. The number of benzene rings is 3. The summed E-state index contributed by atoms with van der Waals surface area (Å²) < 4.78 is 34.8. The fourth-order valence-electron chi connectivity index (χ4n) is 4.32. The summed E-state index contributed by atoms with van der Waals surface area (Å²) in [4.78, 5) is 29.0. The van der Waals surface area contributed by atoms with Crippen molar-refractivity contribution >= 4 is 39.1 Å². The third-order valence-electron chi connectivity index (χ3n) is 6.70. The zero-order valence-corrected chi connectivity index (χ0v) is 25.5. The Bertz CT molecular complexity index is 1400. The van der Waals surface area contributed by atoms with E-state index in [1.165, 1.54) is 17.0 Å². The number of amides is 2. The van der Waals surface area contributed by atoms with Gasteiger partial charge in [-0.15, -0.1) is 0 Å². The van der Waals surface area contributed by atoms with E-state index < -0.39 is 28.5 Å². The Labute approximate surface area is 248 Å². The number of carbonyl (C=O) groups is 2. The van der Waals surface area contributed by atoms with Gasteiger partial charge in [-0.2, -0.15) is 0 Å². The molecule has 0 aliphatic rings. The maximum atomic E-state index is 14.2. The Morgan fingerprint density at radius 1 is 0.902 bits per heavy atom. The van der Waals surface area contributed by atoms with Crippen LogP contribution in [0.25, 0.3) is 0 Å². The van der Waals surface area contributed by atoms with Gasteiger partial charge in [0.05, 0.1) is 17.2 Å². The minimum atomic E-state index is -4.19. The van der Waals surface area contributed by atoms with Crippen molar-refractivity contribution in [2.75, 3.05) is 17.5 Å². The standard InChI is InChI=1S/C31H38ClN3O5S/c1-5-23(4)33-31(37)27(6-2)34(21-24-17-19-25(32)20-18-24)30(36)22-35(28-15-11-12-16-29(28)40-7-3)41(38,39)26-13-9-8-10-14-26/h8-20,23,27H,5-7,21-22H2,1-4H3,(H,33,37)/t23-,27-/m0/s1. The number of ether oxygens (including phenoxy) is 1. The van der Waals surface area contributed by atoms with Gasteiger partial charge in [0.2, 0.25) is 11.8 Å². The Hall–Kier alpha value is -3.56. The maximum Gasteiger partial charge on any atom is 0.264 e. The van der Waals surface area contributed by atoms with Crippen molar-refractivity contribution in [1.29, 1.82) is 0 Å². The molecule has 10 heteroatoms. The fraction of sp³-hybridized carbons (Fsp3) is 0.355. The molecule has 0 aliphatic heterocycles. The van der Waals surface area contributed by atoms with Crippen molar-refractivity contribution in [3.8, 4) is 5.75 Å². The second kappa shape index (κ2) is 14.9. The van der Waals surface area contributed by atoms with E-state index in [4.69, 9.17) is 16.3 Å². The number of halogens is 1. The summed E-state index contributed by atoms with van der Waals surface area (Å²) in [6, 6.07) is 20.7. The van der Waals surface area contributed by atoms with E-state index in [1.54, 1.807) is 73.7 Å². The molecule has 2 amide bonds. The van der Waals surface area contributed by atoms with Crippen LogP contribution in [-0.4, -0.2) is 50.4 Å². The molecule has 220 valence electrons. The summed E-state index contributed by atoms with van der Waals surface area (Å²) in [6.07, 6.45) is 1.06. The normalized spacial score (nSPS) is 12.7. The maximum absolute atomic E-state index is 14.2. The number of para-hydroxylation sites is 2. The predicted molar refractivity (Wildman–Crippen MR) is 163 cm³/mol. The first-order valence-corrected chi connectivity index (χ1v) is 15.6. The van der Waals surface area contributed by atoms with E-state index >= 15 is 0 Å². The molecule has 0 aliphatic carbocycles. The third kappa shape index (κ3) is 8.24. The highest BCUT2D eigenvalue weighted by Crippen LogP contribution is 2.33. The summed E-state index contributed by atoms with van der Waals surface area (Å²) in [5.74, 6) is -0.499. The Kier molecular flexibility index (Phi) is 11.6. The van der Waals surface area contributed by atoms with E-state index in [-0.39, 0.29) is 29.1 Å². The lowest BCUT2D eigenvalue weighted by molar-refractivity contribution is -0.140. The highest BCUT2D eigenvalue weighted by molar-refractivity contribution is 7.92. The monoisotopic (exact) mass is 599 g/mol. The van der Waals surface area contributed by atoms with Crippen LogP contribution in [0.3, 0.4) is 0 Å². The zero-order valence-electron chi connectivity index (χ0n) is 23.9. The number of hydrogen-bond donors (Lipinski definition) is 1. The minimum Gasteiger partial charge on any atom is -0.492 e. The van der Waals surface area contributed by atoms with E-state index in [9.17, 15) is 18.0 Å². The van der Waals surface area contributed by atoms with Crippen LogP contribution in [0, 0.1) is 0 Å². The molecule has 0 radical (unpaired) electrons. The highest BCUT2D eigenvalue weighted by atomic mass is 35.5. The molecule has 8 nitrogen and oxygen atoms in total. The zero-order chi connectivity index (χ0) is 30.0. The first-order valence-electron chi connectivity index (χ1n) is 13.8. The molecule has 0 spiro atoms. The SMILES string of the molecule is CCOc1ccccc1N(CC(=O)N(Cc1ccc(Cl)cc1)[C@@H](CC)C(=O)N[C@@H](C)CC)S(=O)(=O)c1ccccc1. The van der Waals surface area contributed by atoms with Gasteiger partial charge in [-0.25, -0.2) is 8.42 Å². The Morgan fingerprint density at radius 2 is 1.54 bits per heavy atom. The quantitative estimate of drug-likeness (QED) is 0.258. The second-order valence-corrected chi connectivity index (χ2v) is 11.9. The van der Waals surface area contributed by atoms with Crippen molar-refractivity contribution in [3.05, 3.63) is 89.4 Å². The van der Waals surface area contributed by atoms with Gasteiger partial charge >= 0.3 is 0 Å². The summed E-state index contributed by atoms with van der Waals surface area (Å²) >= 11 is 6.08. The number of rotatable bonds is 14. The molecule has 0 saturated carbocycles. The molecule has 0 saturated heterocycles. The van der Waals surface area contributed by atoms with Gasteiger partial charge < -0.3 is 15.0 Å². The van der Waals surface area contributed by atoms with Crippen molar-refractivity contribution in [2.45, 2.75) is 64.1 Å². The van der Waals surface area contributed by atoms with Crippen LogP contribution >= 0.6 is 11.6 Å². The number of sulfonamides is 1. The fourth-order valence-corrected chi connectivity index (χ4v) is 5.89. The van der Waals surface area contributed by atoms with Gasteiger partial charge in [0.25, 0.3) is 10.0 Å². The number of hydrogen-bond acceptors (Lipinski definition) is 5. The molecule has 1 N–H and O–H groups in total. The number of anilines is 1. The lowest BCUT2D eigenvalue weighted by Gasteiger charge is -2.34. The van der Waals surface area contributed by atoms with Crippen molar-refractivity contribution in [2.24, 2.45) is 0 Å². The van der Waals surface area contributed by atoms with E-state index in [1.807, 2.05) is 20.8 Å². The average Bonchev–Trinajstić information content (AvgIpc) is 2.97. The van der Waals surface area contributed by atoms with Crippen molar-refractivity contribution in [1.82, 2.24) is 10.2 Å². The lowest BCUT2D eigenvalue weighted by atomic mass is 10.1. The van der Waals surface area contributed by atoms with Crippen LogP contribution in [0.15, 0.2) is 83.8 Å². The lowest BCUT2D eigenvalue weighted by Crippen LogP contribution is -2.53. The van der Waals surface area contributed by atoms with E-state index in [0.29, 0.717) is 23.8 Å².